The van der Waals surface area contributed by atoms with Gasteiger partial charge in [-0.2, -0.15) is 0 Å². The normalized spacial score (nSPS) is 10.4. The van der Waals surface area contributed by atoms with Crippen LogP contribution < -0.4 is 15.4 Å². The lowest BCUT2D eigenvalue weighted by Gasteiger charge is -2.08. The maximum Gasteiger partial charge on any atom is 0.274 e. The minimum absolute atomic E-state index is 0.0608. The van der Waals surface area contributed by atoms with E-state index in [2.05, 4.69) is 20.6 Å². The van der Waals surface area contributed by atoms with Crippen molar-refractivity contribution in [3.05, 3.63) is 77.6 Å². The van der Waals surface area contributed by atoms with Crippen LogP contribution in [0.3, 0.4) is 0 Å². The van der Waals surface area contributed by atoms with Crippen LogP contribution in [-0.2, 0) is 6.42 Å². The van der Waals surface area contributed by atoms with Gasteiger partial charge < -0.3 is 15.4 Å². The summed E-state index contributed by atoms with van der Waals surface area (Å²) in [5, 5.41) is 5.41. The molecule has 8 heteroatoms. The van der Waals surface area contributed by atoms with Crippen LogP contribution in [0.1, 0.15) is 16.1 Å². The van der Waals surface area contributed by atoms with E-state index in [1.54, 1.807) is 7.11 Å². The number of benzene rings is 2. The van der Waals surface area contributed by atoms with Crippen molar-refractivity contribution in [3.8, 4) is 5.75 Å². The molecular formula is C20H18F2N4O2. The molecule has 3 aromatic rings. The van der Waals surface area contributed by atoms with E-state index in [0.717, 1.165) is 29.9 Å². The molecule has 0 spiro atoms. The first-order valence-corrected chi connectivity index (χ1v) is 8.51. The molecule has 0 radical (unpaired) electrons. The Labute approximate surface area is 160 Å². The molecule has 0 saturated heterocycles. The predicted octanol–water partition coefficient (Wildman–Crippen LogP) is 3.67. The Morgan fingerprint density at radius 1 is 1.11 bits per heavy atom. The van der Waals surface area contributed by atoms with Gasteiger partial charge in [0.2, 0.25) is 5.95 Å². The van der Waals surface area contributed by atoms with Crippen LogP contribution in [0.4, 0.5) is 20.4 Å². The third kappa shape index (κ3) is 5.00. The van der Waals surface area contributed by atoms with E-state index in [1.165, 1.54) is 12.3 Å². The van der Waals surface area contributed by atoms with Crippen LogP contribution >= 0.6 is 0 Å². The van der Waals surface area contributed by atoms with E-state index in [1.807, 2.05) is 24.3 Å². The summed E-state index contributed by atoms with van der Waals surface area (Å²) < 4.78 is 31.7. The molecule has 144 valence electrons. The van der Waals surface area contributed by atoms with Gasteiger partial charge in [0.15, 0.2) is 0 Å². The summed E-state index contributed by atoms with van der Waals surface area (Å²) in [4.78, 5) is 20.5. The summed E-state index contributed by atoms with van der Waals surface area (Å²) >= 11 is 0. The maximum atomic E-state index is 13.7. The lowest BCUT2D eigenvalue weighted by molar-refractivity contribution is 0.102. The summed E-state index contributed by atoms with van der Waals surface area (Å²) in [5.74, 6) is -1.13. The van der Waals surface area contributed by atoms with Crippen LogP contribution in [-0.4, -0.2) is 29.5 Å². The average Bonchev–Trinajstić information content (AvgIpc) is 2.71. The van der Waals surface area contributed by atoms with Crippen LogP contribution in [0.2, 0.25) is 0 Å². The number of hydrogen-bond donors (Lipinski definition) is 2. The second kappa shape index (κ2) is 8.90. The zero-order chi connectivity index (χ0) is 19.9. The minimum Gasteiger partial charge on any atom is -0.497 e. The minimum atomic E-state index is -0.861. The van der Waals surface area contributed by atoms with Gasteiger partial charge in [-0.25, -0.2) is 18.7 Å². The smallest absolute Gasteiger partial charge is 0.274 e. The third-order valence-electron chi connectivity index (χ3n) is 3.92. The van der Waals surface area contributed by atoms with Crippen molar-refractivity contribution < 1.29 is 18.3 Å². The zero-order valence-electron chi connectivity index (χ0n) is 15.1. The zero-order valence-corrected chi connectivity index (χ0v) is 15.1. The van der Waals surface area contributed by atoms with Crippen LogP contribution in [0.15, 0.2) is 54.7 Å². The largest absolute Gasteiger partial charge is 0.497 e. The summed E-state index contributed by atoms with van der Waals surface area (Å²) in [6.45, 7) is 0.560. The lowest BCUT2D eigenvalue weighted by Crippen LogP contribution is -2.16. The molecule has 3 rings (SSSR count). The van der Waals surface area contributed by atoms with Gasteiger partial charge in [0.05, 0.1) is 12.8 Å². The fraction of sp³-hybridized carbons (Fsp3) is 0.150. The second-order valence-electron chi connectivity index (χ2n) is 5.87. The highest BCUT2D eigenvalue weighted by atomic mass is 19.1. The standard InChI is InChI=1S/C20H18F2N4O2/c1-28-15-5-2-13(3-6-15)8-10-23-20-24-11-9-18(26-20)19(27)25-17-7-4-14(21)12-16(17)22/h2-7,9,11-12H,8,10H2,1H3,(H,25,27)(H,23,24,26). The van der Waals surface area contributed by atoms with Crippen LogP contribution in [0.5, 0.6) is 5.75 Å². The number of ether oxygens (including phenoxy) is 1. The molecule has 6 nitrogen and oxygen atoms in total. The fourth-order valence-corrected chi connectivity index (χ4v) is 2.46. The summed E-state index contributed by atoms with van der Waals surface area (Å²) in [6, 6.07) is 12.0. The van der Waals surface area contributed by atoms with E-state index in [9.17, 15) is 13.6 Å². The van der Waals surface area contributed by atoms with E-state index in [0.29, 0.717) is 12.6 Å². The second-order valence-corrected chi connectivity index (χ2v) is 5.87. The van der Waals surface area contributed by atoms with Gasteiger partial charge in [0.25, 0.3) is 5.91 Å². The molecule has 0 aliphatic heterocycles. The van der Waals surface area contributed by atoms with E-state index in [4.69, 9.17) is 4.74 Å². The number of amides is 1. The van der Waals surface area contributed by atoms with Gasteiger partial charge >= 0.3 is 0 Å². The van der Waals surface area contributed by atoms with Crippen molar-refractivity contribution in [2.24, 2.45) is 0 Å². The first kappa shape index (κ1) is 19.2. The van der Waals surface area contributed by atoms with E-state index >= 15 is 0 Å². The highest BCUT2D eigenvalue weighted by Gasteiger charge is 2.12. The molecule has 0 unspecified atom stereocenters. The van der Waals surface area contributed by atoms with Crippen molar-refractivity contribution in [2.45, 2.75) is 6.42 Å². The molecule has 28 heavy (non-hydrogen) atoms. The predicted molar refractivity (Wildman–Crippen MR) is 102 cm³/mol. The Hall–Kier alpha value is -3.55. The van der Waals surface area contributed by atoms with Gasteiger partial charge in [-0.3, -0.25) is 4.79 Å². The quantitative estimate of drug-likeness (QED) is 0.650. The summed E-state index contributed by atoms with van der Waals surface area (Å²) in [5.41, 5.74) is 1.04. The van der Waals surface area contributed by atoms with Gasteiger partial charge in [-0.15, -0.1) is 0 Å². The molecule has 1 heterocycles. The number of rotatable bonds is 7. The maximum absolute atomic E-state index is 13.7. The molecule has 0 atom stereocenters. The highest BCUT2D eigenvalue weighted by molar-refractivity contribution is 6.03. The number of halogens is 2. The van der Waals surface area contributed by atoms with E-state index < -0.39 is 17.5 Å². The molecule has 2 aromatic carbocycles. The molecule has 1 aromatic heterocycles. The molecule has 0 saturated carbocycles. The molecule has 0 bridgehead atoms. The van der Waals surface area contributed by atoms with E-state index in [-0.39, 0.29) is 17.3 Å². The van der Waals surface area contributed by atoms with Gasteiger partial charge in [-0.05, 0) is 42.3 Å². The van der Waals surface area contributed by atoms with Gasteiger partial charge in [0, 0.05) is 18.8 Å². The molecule has 0 fully saturated rings. The number of nitrogens with zero attached hydrogens (tertiary/aromatic N) is 2. The Morgan fingerprint density at radius 3 is 2.61 bits per heavy atom. The molecule has 2 N–H and O–H groups in total. The number of hydrogen-bond acceptors (Lipinski definition) is 5. The Morgan fingerprint density at radius 2 is 1.89 bits per heavy atom. The summed E-state index contributed by atoms with van der Waals surface area (Å²) in [6.07, 6.45) is 2.16. The van der Waals surface area contributed by atoms with Gasteiger partial charge in [-0.1, -0.05) is 12.1 Å². The number of anilines is 2. The van der Waals surface area contributed by atoms with Crippen molar-refractivity contribution >= 4 is 17.5 Å². The monoisotopic (exact) mass is 384 g/mol. The molecular weight excluding hydrogens is 366 g/mol. The average molecular weight is 384 g/mol. The van der Waals surface area contributed by atoms with Crippen molar-refractivity contribution in [2.75, 3.05) is 24.3 Å². The van der Waals surface area contributed by atoms with Crippen molar-refractivity contribution in [3.63, 3.8) is 0 Å². The SMILES string of the molecule is COc1ccc(CCNc2nccc(C(=O)Nc3ccc(F)cc3F)n2)cc1. The summed E-state index contributed by atoms with van der Waals surface area (Å²) in [7, 11) is 1.61. The molecule has 0 aliphatic carbocycles. The molecule has 0 aliphatic rings. The van der Waals surface area contributed by atoms with Gasteiger partial charge in [0.1, 0.15) is 23.1 Å². The number of carbonyl (C=O) groups is 1. The Kier molecular flexibility index (Phi) is 6.11. The van der Waals surface area contributed by atoms with Crippen molar-refractivity contribution in [1.29, 1.82) is 0 Å². The Balaban J connectivity index is 1.58. The third-order valence-corrected chi connectivity index (χ3v) is 3.92. The lowest BCUT2D eigenvalue weighted by atomic mass is 10.1. The first-order chi connectivity index (χ1) is 13.5. The number of carbonyl (C=O) groups excluding carboxylic acids is 1. The fourth-order valence-electron chi connectivity index (χ4n) is 2.46. The number of aromatic nitrogens is 2. The molecule has 1 amide bonds. The number of methoxy groups -OCH3 is 1. The topological polar surface area (TPSA) is 76.1 Å². The van der Waals surface area contributed by atoms with Crippen LogP contribution in [0.25, 0.3) is 0 Å². The number of nitrogens with one attached hydrogen (secondary N) is 2. The Bertz CT molecular complexity index is 965. The highest BCUT2D eigenvalue weighted by Crippen LogP contribution is 2.16. The van der Waals surface area contributed by atoms with Crippen molar-refractivity contribution in [1.82, 2.24) is 9.97 Å². The van der Waals surface area contributed by atoms with Crippen LogP contribution in [0, 0.1) is 11.6 Å². The first-order valence-electron chi connectivity index (χ1n) is 8.51.